The molecule has 1 atom stereocenters. The van der Waals surface area contributed by atoms with Crippen LogP contribution < -0.4 is 4.74 Å². The van der Waals surface area contributed by atoms with E-state index in [-0.39, 0.29) is 11.9 Å². The molecule has 0 bridgehead atoms. The lowest BCUT2D eigenvalue weighted by atomic mass is 9.85. The molecule has 3 aromatic rings. The number of hydrogen-bond donors (Lipinski definition) is 0. The zero-order valence-electron chi connectivity index (χ0n) is 17.8. The van der Waals surface area contributed by atoms with Gasteiger partial charge in [0.1, 0.15) is 11.9 Å². The van der Waals surface area contributed by atoms with E-state index in [1.54, 1.807) is 6.20 Å². The predicted molar refractivity (Wildman–Crippen MR) is 117 cm³/mol. The Hall–Kier alpha value is -2.95. The van der Waals surface area contributed by atoms with Gasteiger partial charge in [-0.1, -0.05) is 13.8 Å². The summed E-state index contributed by atoms with van der Waals surface area (Å²) in [6.07, 6.45) is 13.5. The molecular weight excluding hydrogens is 374 g/mol. The zero-order chi connectivity index (χ0) is 20.9. The number of benzene rings is 1. The number of ether oxygens (including phenoxy) is 1. The lowest BCUT2D eigenvalue weighted by Crippen LogP contribution is -2.29. The minimum absolute atomic E-state index is 0.0243. The molecule has 1 aliphatic rings. The van der Waals surface area contributed by atoms with E-state index in [1.807, 2.05) is 37.1 Å². The smallest absolute Gasteiger partial charge is 0.163 e. The van der Waals surface area contributed by atoms with Crippen molar-refractivity contribution >= 4 is 5.78 Å². The number of carbonyl (C=O) groups excluding carboxylic acids is 1. The third kappa shape index (κ3) is 4.61. The lowest BCUT2D eigenvalue weighted by Gasteiger charge is -2.27. The minimum atomic E-state index is 0.0243. The summed E-state index contributed by atoms with van der Waals surface area (Å²) in [5.74, 6) is 1.52. The Kier molecular flexibility index (Phi) is 6.26. The maximum atomic E-state index is 12.5. The fourth-order valence-electron chi connectivity index (χ4n) is 4.13. The topological polar surface area (TPSA) is 57.0 Å². The molecule has 5 nitrogen and oxygen atoms in total. The molecule has 0 saturated carbocycles. The quantitative estimate of drug-likeness (QED) is 0.548. The summed E-state index contributed by atoms with van der Waals surface area (Å²) in [4.78, 5) is 20.8. The molecule has 0 fully saturated rings. The molecule has 4 rings (SSSR count). The normalized spacial score (nSPS) is 14.6. The summed E-state index contributed by atoms with van der Waals surface area (Å²) in [5.41, 5.74) is 4.50. The summed E-state index contributed by atoms with van der Waals surface area (Å²) < 4.78 is 8.66. The van der Waals surface area contributed by atoms with Crippen molar-refractivity contribution in [2.75, 3.05) is 0 Å². The van der Waals surface area contributed by atoms with Crippen LogP contribution in [0.2, 0.25) is 0 Å². The summed E-state index contributed by atoms with van der Waals surface area (Å²) >= 11 is 0. The number of imidazole rings is 1. The summed E-state index contributed by atoms with van der Waals surface area (Å²) in [6.45, 7) is 5.11. The average molecular weight is 404 g/mol. The number of Topliss-reactive ketones (excluding diaryl/α,β-unsaturated/α-hetero) is 1. The van der Waals surface area contributed by atoms with Crippen molar-refractivity contribution in [2.45, 2.75) is 58.6 Å². The van der Waals surface area contributed by atoms with Gasteiger partial charge in [-0.25, -0.2) is 4.98 Å². The summed E-state index contributed by atoms with van der Waals surface area (Å²) in [5, 5.41) is 0. The van der Waals surface area contributed by atoms with Crippen LogP contribution in [0.4, 0.5) is 0 Å². The monoisotopic (exact) mass is 403 g/mol. The second-order valence-electron chi connectivity index (χ2n) is 8.36. The first-order valence-corrected chi connectivity index (χ1v) is 10.8. The van der Waals surface area contributed by atoms with Crippen LogP contribution >= 0.6 is 0 Å². The first-order chi connectivity index (χ1) is 14.6. The second kappa shape index (κ2) is 9.24. The Morgan fingerprint density at radius 1 is 1.03 bits per heavy atom. The van der Waals surface area contributed by atoms with E-state index in [4.69, 9.17) is 4.74 Å². The Balaban J connectivity index is 1.64. The van der Waals surface area contributed by atoms with E-state index < -0.39 is 0 Å². The minimum Gasteiger partial charge on any atom is -0.488 e. The summed E-state index contributed by atoms with van der Waals surface area (Å²) in [7, 11) is 0. The van der Waals surface area contributed by atoms with Crippen molar-refractivity contribution in [3.05, 3.63) is 77.6 Å². The number of ketones is 1. The summed E-state index contributed by atoms with van der Waals surface area (Å²) in [6, 6.07) is 8.08. The number of pyridine rings is 1. The number of rotatable bonds is 8. The Bertz CT molecular complexity index is 981. The van der Waals surface area contributed by atoms with Crippen molar-refractivity contribution in [1.29, 1.82) is 0 Å². The van der Waals surface area contributed by atoms with Crippen molar-refractivity contribution in [1.82, 2.24) is 14.5 Å². The molecule has 156 valence electrons. The number of hydrogen-bond acceptors (Lipinski definition) is 4. The van der Waals surface area contributed by atoms with Crippen LogP contribution in [0.25, 0.3) is 0 Å². The standard InChI is InChI=1S/C25H29N3O2/c1-18(2)25(16-28-15-14-27-17-28)30-24-9-8-21-20(4-3-5-23(21)29)22(24)7-6-19-10-12-26-13-11-19/h8-15,17-18,25H,3-7,16H2,1-2H3/t25-/m1/s1. The van der Waals surface area contributed by atoms with E-state index in [1.165, 1.54) is 16.7 Å². The van der Waals surface area contributed by atoms with Crippen LogP contribution in [-0.4, -0.2) is 26.4 Å². The molecule has 0 amide bonds. The van der Waals surface area contributed by atoms with Gasteiger partial charge in [0, 0.05) is 36.8 Å². The zero-order valence-corrected chi connectivity index (χ0v) is 17.8. The molecule has 0 saturated heterocycles. The molecule has 1 aliphatic carbocycles. The molecule has 0 spiro atoms. The van der Waals surface area contributed by atoms with Crippen LogP contribution in [0.1, 0.15) is 53.7 Å². The van der Waals surface area contributed by atoms with Crippen LogP contribution in [0, 0.1) is 5.92 Å². The van der Waals surface area contributed by atoms with Crippen LogP contribution in [0.15, 0.2) is 55.4 Å². The SMILES string of the molecule is CC(C)[C@@H](Cn1ccnc1)Oc1ccc2c(c1CCc1ccncc1)CCCC2=O. The van der Waals surface area contributed by atoms with Gasteiger partial charge >= 0.3 is 0 Å². The van der Waals surface area contributed by atoms with Crippen molar-refractivity contribution < 1.29 is 9.53 Å². The first-order valence-electron chi connectivity index (χ1n) is 10.8. The third-order valence-corrected chi connectivity index (χ3v) is 5.90. The molecule has 0 radical (unpaired) electrons. The highest BCUT2D eigenvalue weighted by atomic mass is 16.5. The van der Waals surface area contributed by atoms with Gasteiger partial charge in [-0.3, -0.25) is 9.78 Å². The van der Waals surface area contributed by atoms with Gasteiger partial charge < -0.3 is 9.30 Å². The van der Waals surface area contributed by atoms with Gasteiger partial charge in [0.05, 0.1) is 12.9 Å². The van der Waals surface area contributed by atoms with E-state index >= 15 is 0 Å². The molecule has 30 heavy (non-hydrogen) atoms. The molecule has 2 heterocycles. The Labute approximate surface area is 178 Å². The average Bonchev–Trinajstić information content (AvgIpc) is 3.26. The second-order valence-corrected chi connectivity index (χ2v) is 8.36. The van der Waals surface area contributed by atoms with Gasteiger partial charge in [-0.15, -0.1) is 0 Å². The Morgan fingerprint density at radius 2 is 1.87 bits per heavy atom. The van der Waals surface area contributed by atoms with Gasteiger partial charge in [0.2, 0.25) is 0 Å². The maximum Gasteiger partial charge on any atom is 0.163 e. The molecule has 0 aliphatic heterocycles. The van der Waals surface area contributed by atoms with E-state index in [0.717, 1.165) is 43.5 Å². The van der Waals surface area contributed by atoms with Crippen LogP contribution in [-0.2, 0) is 25.8 Å². The fraction of sp³-hybridized carbons (Fsp3) is 0.400. The van der Waals surface area contributed by atoms with E-state index in [0.29, 0.717) is 12.3 Å². The number of carbonyl (C=O) groups is 1. The van der Waals surface area contributed by atoms with Crippen molar-refractivity contribution in [2.24, 2.45) is 5.92 Å². The molecule has 0 unspecified atom stereocenters. The highest BCUT2D eigenvalue weighted by Crippen LogP contribution is 2.33. The Morgan fingerprint density at radius 3 is 2.60 bits per heavy atom. The van der Waals surface area contributed by atoms with E-state index in [9.17, 15) is 4.79 Å². The van der Waals surface area contributed by atoms with Gasteiger partial charge in [-0.2, -0.15) is 0 Å². The van der Waals surface area contributed by atoms with E-state index in [2.05, 4.69) is 40.5 Å². The molecule has 5 heteroatoms. The van der Waals surface area contributed by atoms with Crippen LogP contribution in [0.3, 0.4) is 0 Å². The van der Waals surface area contributed by atoms with Crippen molar-refractivity contribution in [3.8, 4) is 5.75 Å². The number of fused-ring (bicyclic) bond motifs is 1. The largest absolute Gasteiger partial charge is 0.488 e. The lowest BCUT2D eigenvalue weighted by molar-refractivity contribution is 0.0971. The van der Waals surface area contributed by atoms with Gasteiger partial charge in [-0.05, 0) is 72.6 Å². The molecular formula is C25H29N3O2. The molecule has 1 aromatic carbocycles. The first kappa shape index (κ1) is 20.3. The van der Waals surface area contributed by atoms with Gasteiger partial charge in [0.25, 0.3) is 0 Å². The molecule has 0 N–H and O–H groups in total. The molecule has 2 aromatic heterocycles. The van der Waals surface area contributed by atoms with Crippen molar-refractivity contribution in [3.63, 3.8) is 0 Å². The number of aryl methyl sites for hydroxylation is 1. The highest BCUT2D eigenvalue weighted by Gasteiger charge is 2.24. The highest BCUT2D eigenvalue weighted by molar-refractivity contribution is 5.99. The predicted octanol–water partition coefficient (Wildman–Crippen LogP) is 4.69. The number of aromatic nitrogens is 3. The fourth-order valence-corrected chi connectivity index (χ4v) is 4.13. The number of nitrogens with zero attached hydrogens (tertiary/aromatic N) is 3. The third-order valence-electron chi connectivity index (χ3n) is 5.90. The maximum absolute atomic E-state index is 12.5. The van der Waals surface area contributed by atoms with Crippen LogP contribution in [0.5, 0.6) is 5.75 Å². The van der Waals surface area contributed by atoms with Gasteiger partial charge in [0.15, 0.2) is 5.78 Å².